The molecule has 0 atom stereocenters. The van der Waals surface area contributed by atoms with Crippen molar-refractivity contribution in [3.8, 4) is 0 Å². The Kier molecular flexibility index (Phi) is 4.89. The van der Waals surface area contributed by atoms with Crippen molar-refractivity contribution in [3.05, 3.63) is 11.3 Å². The number of aromatic nitrogens is 1. The lowest BCUT2D eigenvalue weighted by atomic mass is 10.2. The molecule has 0 radical (unpaired) electrons. The number of carbonyl (C=O) groups is 2. The van der Waals surface area contributed by atoms with E-state index in [1.807, 2.05) is 0 Å². The third-order valence-corrected chi connectivity index (χ3v) is 2.69. The number of nitrogens with one attached hydrogen (secondary N) is 1. The van der Waals surface area contributed by atoms with Gasteiger partial charge in [0.15, 0.2) is 0 Å². The molecule has 1 aromatic heterocycles. The minimum absolute atomic E-state index is 0.262. The quantitative estimate of drug-likeness (QED) is 0.838. The van der Waals surface area contributed by atoms with Gasteiger partial charge in [-0.05, 0) is 32.3 Å². The summed E-state index contributed by atoms with van der Waals surface area (Å²) in [5.74, 6) is -0.495. The predicted octanol–water partition coefficient (Wildman–Crippen LogP) is 2.20. The van der Waals surface area contributed by atoms with Crippen LogP contribution in [0.1, 0.15) is 29.9 Å². The molecule has 0 saturated carbocycles. The molecular formula is C10H14N2O4S. The number of carbonyl (C=O) groups excluding carboxylic acids is 2. The van der Waals surface area contributed by atoms with Crippen LogP contribution in [0.3, 0.4) is 0 Å². The monoisotopic (exact) mass is 258 g/mol. The lowest BCUT2D eigenvalue weighted by Gasteiger charge is -2.05. The molecule has 0 fully saturated rings. The summed E-state index contributed by atoms with van der Waals surface area (Å²) < 4.78 is 13.6. The minimum atomic E-state index is -0.610. The summed E-state index contributed by atoms with van der Waals surface area (Å²) in [6.45, 7) is 5.62. The molecule has 1 amide bonds. The largest absolute Gasteiger partial charge is 0.462 e. The highest BCUT2D eigenvalue weighted by atomic mass is 32.1. The maximum Gasteiger partial charge on any atom is 0.412 e. The first-order valence-corrected chi connectivity index (χ1v) is 5.94. The molecule has 0 saturated heterocycles. The number of hydrogen-bond donors (Lipinski definition) is 1. The van der Waals surface area contributed by atoms with E-state index < -0.39 is 12.1 Å². The topological polar surface area (TPSA) is 77.5 Å². The van der Waals surface area contributed by atoms with Gasteiger partial charge in [-0.1, -0.05) is 0 Å². The van der Waals surface area contributed by atoms with Crippen molar-refractivity contribution >= 4 is 28.6 Å². The van der Waals surface area contributed by atoms with Crippen LogP contribution in [0.2, 0.25) is 0 Å². The molecule has 7 heteroatoms. The molecule has 0 unspecified atom stereocenters. The van der Waals surface area contributed by atoms with Crippen molar-refractivity contribution in [1.82, 2.24) is 4.37 Å². The van der Waals surface area contributed by atoms with E-state index in [0.717, 1.165) is 11.5 Å². The zero-order valence-electron chi connectivity index (χ0n) is 9.90. The zero-order valence-corrected chi connectivity index (χ0v) is 10.7. The average Bonchev–Trinajstić information content (AvgIpc) is 2.60. The molecule has 1 aromatic rings. The lowest BCUT2D eigenvalue weighted by Crippen LogP contribution is -2.15. The molecule has 1 N–H and O–H groups in total. The second-order valence-electron chi connectivity index (χ2n) is 3.04. The third-order valence-electron chi connectivity index (χ3n) is 1.83. The second kappa shape index (κ2) is 6.19. The summed E-state index contributed by atoms with van der Waals surface area (Å²) in [6, 6.07) is 0. The van der Waals surface area contributed by atoms with Crippen molar-refractivity contribution in [2.75, 3.05) is 18.5 Å². The summed E-state index contributed by atoms with van der Waals surface area (Å²) in [5.41, 5.74) is 0.810. The third kappa shape index (κ3) is 3.42. The molecule has 17 heavy (non-hydrogen) atoms. The van der Waals surface area contributed by atoms with Gasteiger partial charge in [0.25, 0.3) is 0 Å². The summed E-state index contributed by atoms with van der Waals surface area (Å²) in [7, 11) is 0. The van der Waals surface area contributed by atoms with Crippen LogP contribution < -0.4 is 5.32 Å². The Morgan fingerprint density at radius 3 is 2.53 bits per heavy atom. The lowest BCUT2D eigenvalue weighted by molar-refractivity contribution is 0.0527. The van der Waals surface area contributed by atoms with E-state index in [9.17, 15) is 9.59 Å². The van der Waals surface area contributed by atoms with Gasteiger partial charge in [0.05, 0.1) is 18.9 Å². The summed E-state index contributed by atoms with van der Waals surface area (Å²) in [6.07, 6.45) is -0.610. The first-order chi connectivity index (χ1) is 8.10. The number of anilines is 1. The van der Waals surface area contributed by atoms with Gasteiger partial charge in [-0.25, -0.2) is 9.59 Å². The molecule has 0 aliphatic carbocycles. The van der Waals surface area contributed by atoms with Crippen LogP contribution in [0.5, 0.6) is 0 Å². The van der Waals surface area contributed by atoms with Gasteiger partial charge in [0.2, 0.25) is 0 Å². The minimum Gasteiger partial charge on any atom is -0.462 e. The maximum absolute atomic E-state index is 11.6. The van der Waals surface area contributed by atoms with Crippen molar-refractivity contribution in [2.24, 2.45) is 0 Å². The Labute approximate surface area is 103 Å². The molecule has 1 heterocycles. The number of ether oxygens (including phenoxy) is 2. The normalized spacial score (nSPS) is 9.82. The van der Waals surface area contributed by atoms with Crippen molar-refractivity contribution < 1.29 is 19.1 Å². The van der Waals surface area contributed by atoms with Gasteiger partial charge in [-0.2, -0.15) is 4.37 Å². The van der Waals surface area contributed by atoms with Crippen LogP contribution in [0.15, 0.2) is 0 Å². The molecule has 0 aliphatic heterocycles. The molecule has 94 valence electrons. The van der Waals surface area contributed by atoms with Crippen LogP contribution in [0, 0.1) is 6.92 Å². The van der Waals surface area contributed by atoms with Gasteiger partial charge in [-0.15, -0.1) is 0 Å². The Bertz CT molecular complexity index is 416. The van der Waals surface area contributed by atoms with Gasteiger partial charge in [0.1, 0.15) is 10.6 Å². The number of esters is 1. The number of aryl methyl sites for hydroxylation is 1. The maximum atomic E-state index is 11.6. The van der Waals surface area contributed by atoms with Crippen LogP contribution in [0.25, 0.3) is 0 Å². The smallest absolute Gasteiger partial charge is 0.412 e. The summed E-state index contributed by atoms with van der Waals surface area (Å²) in [5, 5.41) is 2.81. The van der Waals surface area contributed by atoms with E-state index in [1.165, 1.54) is 0 Å². The zero-order chi connectivity index (χ0) is 12.8. The molecular weight excluding hydrogens is 244 g/mol. The van der Waals surface area contributed by atoms with Gasteiger partial charge >= 0.3 is 12.1 Å². The SMILES string of the molecule is CCOC(=O)Nc1snc(C)c1C(=O)OCC. The van der Waals surface area contributed by atoms with Gasteiger partial charge in [-0.3, -0.25) is 5.32 Å². The van der Waals surface area contributed by atoms with E-state index >= 15 is 0 Å². The summed E-state index contributed by atoms with van der Waals surface area (Å²) >= 11 is 1.02. The Balaban J connectivity index is 2.86. The van der Waals surface area contributed by atoms with Crippen LogP contribution in [-0.4, -0.2) is 29.6 Å². The fourth-order valence-corrected chi connectivity index (χ4v) is 1.93. The molecule has 6 nitrogen and oxygen atoms in total. The van der Waals surface area contributed by atoms with Crippen LogP contribution in [-0.2, 0) is 9.47 Å². The number of nitrogens with zero attached hydrogens (tertiary/aromatic N) is 1. The van der Waals surface area contributed by atoms with Crippen molar-refractivity contribution in [2.45, 2.75) is 20.8 Å². The van der Waals surface area contributed by atoms with E-state index in [2.05, 4.69) is 9.69 Å². The highest BCUT2D eigenvalue weighted by Gasteiger charge is 2.21. The highest BCUT2D eigenvalue weighted by Crippen LogP contribution is 2.25. The summed E-state index contributed by atoms with van der Waals surface area (Å²) in [4.78, 5) is 22.9. The fourth-order valence-electron chi connectivity index (χ4n) is 1.16. The standard InChI is InChI=1S/C10H14N2O4S/c1-4-15-9(13)7-6(3)12-17-8(7)11-10(14)16-5-2/h4-5H2,1-3H3,(H,11,14). The molecule has 0 spiro atoms. The van der Waals surface area contributed by atoms with Crippen molar-refractivity contribution in [1.29, 1.82) is 0 Å². The van der Waals surface area contributed by atoms with Gasteiger partial charge < -0.3 is 9.47 Å². The Morgan fingerprint density at radius 1 is 1.29 bits per heavy atom. The fraction of sp³-hybridized carbons (Fsp3) is 0.500. The first-order valence-electron chi connectivity index (χ1n) is 5.17. The molecule has 0 aliphatic rings. The molecule has 0 aromatic carbocycles. The van der Waals surface area contributed by atoms with Gasteiger partial charge in [0, 0.05) is 0 Å². The average molecular weight is 258 g/mol. The van der Waals surface area contributed by atoms with E-state index in [4.69, 9.17) is 9.47 Å². The Hall–Kier alpha value is -1.63. The number of amides is 1. The van der Waals surface area contributed by atoms with Crippen molar-refractivity contribution in [3.63, 3.8) is 0 Å². The first kappa shape index (κ1) is 13.4. The molecule has 1 rings (SSSR count). The van der Waals surface area contributed by atoms with Crippen LogP contribution in [0.4, 0.5) is 9.80 Å². The Morgan fingerprint density at radius 2 is 1.94 bits per heavy atom. The van der Waals surface area contributed by atoms with E-state index in [-0.39, 0.29) is 18.8 Å². The van der Waals surface area contributed by atoms with Crippen LogP contribution >= 0.6 is 11.5 Å². The number of rotatable bonds is 4. The highest BCUT2D eigenvalue weighted by molar-refractivity contribution is 7.10. The second-order valence-corrected chi connectivity index (χ2v) is 3.81. The van der Waals surface area contributed by atoms with E-state index in [0.29, 0.717) is 10.7 Å². The predicted molar refractivity (Wildman–Crippen MR) is 63.5 cm³/mol. The van der Waals surface area contributed by atoms with E-state index in [1.54, 1.807) is 20.8 Å². The molecule has 0 bridgehead atoms. The number of hydrogen-bond acceptors (Lipinski definition) is 6.